The van der Waals surface area contributed by atoms with Crippen LogP contribution in [-0.2, 0) is 6.61 Å². The van der Waals surface area contributed by atoms with Crippen LogP contribution >= 0.6 is 0 Å². The van der Waals surface area contributed by atoms with Gasteiger partial charge in [0.2, 0.25) is 0 Å². The van der Waals surface area contributed by atoms with Crippen molar-refractivity contribution in [3.05, 3.63) is 72.3 Å². The average molecular weight is 268 g/mol. The van der Waals surface area contributed by atoms with Crippen LogP contribution in [-0.4, -0.2) is 14.9 Å². The molecule has 0 spiro atoms. The summed E-state index contributed by atoms with van der Waals surface area (Å²) in [6, 6.07) is 14.2. The van der Waals surface area contributed by atoms with Gasteiger partial charge in [0.1, 0.15) is 5.82 Å². The van der Waals surface area contributed by atoms with Crippen LogP contribution < -0.4 is 0 Å². The molecular weight excluding hydrogens is 255 g/mol. The fourth-order valence-corrected chi connectivity index (χ4v) is 2.14. The summed E-state index contributed by atoms with van der Waals surface area (Å²) in [6.07, 6.45) is 3.61. The number of rotatable bonds is 3. The van der Waals surface area contributed by atoms with Gasteiger partial charge in [-0.2, -0.15) is 5.10 Å². The Morgan fingerprint density at radius 3 is 2.60 bits per heavy atom. The minimum atomic E-state index is -0.367. The summed E-state index contributed by atoms with van der Waals surface area (Å²) >= 11 is 0. The lowest BCUT2D eigenvalue weighted by Gasteiger charge is -2.07. The van der Waals surface area contributed by atoms with Crippen LogP contribution in [0, 0.1) is 5.82 Å². The molecule has 1 N–H and O–H groups in total. The third-order valence-corrected chi connectivity index (χ3v) is 3.15. The first-order chi connectivity index (χ1) is 9.78. The van der Waals surface area contributed by atoms with Crippen LogP contribution in [0.1, 0.15) is 5.56 Å². The number of hydrogen-bond donors (Lipinski definition) is 1. The quantitative estimate of drug-likeness (QED) is 0.792. The first kappa shape index (κ1) is 12.6. The summed E-state index contributed by atoms with van der Waals surface area (Å²) in [6.45, 7) is -0.229. The number of aromatic nitrogens is 2. The van der Waals surface area contributed by atoms with Crippen LogP contribution in [0.15, 0.2) is 60.9 Å². The van der Waals surface area contributed by atoms with E-state index in [1.165, 1.54) is 12.1 Å². The smallest absolute Gasteiger partial charge is 0.123 e. The van der Waals surface area contributed by atoms with Crippen molar-refractivity contribution in [2.24, 2.45) is 0 Å². The standard InChI is InChI=1S/C16H13FN2O/c17-15-6-7-16(13(8-15)11-20)19-10-14(9-18-19)12-4-2-1-3-5-12/h1-10,20H,11H2. The molecule has 0 aliphatic rings. The number of aliphatic hydroxyl groups is 1. The van der Waals surface area contributed by atoms with E-state index in [1.54, 1.807) is 16.9 Å². The van der Waals surface area contributed by atoms with Gasteiger partial charge in [0.25, 0.3) is 0 Å². The lowest BCUT2D eigenvalue weighted by atomic mass is 10.1. The number of hydrogen-bond acceptors (Lipinski definition) is 2. The van der Waals surface area contributed by atoms with E-state index in [4.69, 9.17) is 0 Å². The summed E-state index contributed by atoms with van der Waals surface area (Å²) in [4.78, 5) is 0. The monoisotopic (exact) mass is 268 g/mol. The maximum atomic E-state index is 13.2. The topological polar surface area (TPSA) is 38.0 Å². The molecule has 3 rings (SSSR count). The van der Waals surface area contributed by atoms with E-state index in [2.05, 4.69) is 5.10 Å². The van der Waals surface area contributed by atoms with Gasteiger partial charge in [-0.1, -0.05) is 30.3 Å². The highest BCUT2D eigenvalue weighted by atomic mass is 19.1. The number of halogens is 1. The first-order valence-corrected chi connectivity index (χ1v) is 6.27. The molecule has 20 heavy (non-hydrogen) atoms. The van der Waals surface area contributed by atoms with Crippen molar-refractivity contribution in [2.45, 2.75) is 6.61 Å². The molecule has 0 aliphatic carbocycles. The second kappa shape index (κ2) is 5.27. The lowest BCUT2D eigenvalue weighted by molar-refractivity contribution is 0.280. The largest absolute Gasteiger partial charge is 0.392 e. The Labute approximate surface area is 115 Å². The Morgan fingerprint density at radius 2 is 1.85 bits per heavy atom. The van der Waals surface area contributed by atoms with E-state index < -0.39 is 0 Å². The predicted molar refractivity (Wildman–Crippen MR) is 74.9 cm³/mol. The highest BCUT2D eigenvalue weighted by Gasteiger charge is 2.08. The molecule has 100 valence electrons. The molecule has 1 aromatic heterocycles. The van der Waals surface area contributed by atoms with Crippen molar-refractivity contribution in [1.82, 2.24) is 9.78 Å². The molecule has 3 aromatic rings. The fraction of sp³-hybridized carbons (Fsp3) is 0.0625. The van der Waals surface area contributed by atoms with Gasteiger partial charge < -0.3 is 5.11 Å². The van der Waals surface area contributed by atoms with Crippen molar-refractivity contribution in [3.63, 3.8) is 0 Å². The lowest BCUT2D eigenvalue weighted by Crippen LogP contribution is -2.00. The molecule has 4 heteroatoms. The van der Waals surface area contributed by atoms with Crippen molar-refractivity contribution < 1.29 is 9.50 Å². The van der Waals surface area contributed by atoms with Gasteiger partial charge in [-0.15, -0.1) is 0 Å². The number of benzene rings is 2. The van der Waals surface area contributed by atoms with Crippen LogP contribution in [0.4, 0.5) is 4.39 Å². The minimum absolute atomic E-state index is 0.229. The van der Waals surface area contributed by atoms with Gasteiger partial charge >= 0.3 is 0 Å². The van der Waals surface area contributed by atoms with Crippen LogP contribution in [0.2, 0.25) is 0 Å². The van der Waals surface area contributed by atoms with Crippen molar-refractivity contribution in [3.8, 4) is 16.8 Å². The average Bonchev–Trinajstić information content (AvgIpc) is 2.97. The zero-order chi connectivity index (χ0) is 13.9. The molecule has 0 unspecified atom stereocenters. The molecule has 2 aromatic carbocycles. The summed E-state index contributed by atoms with van der Waals surface area (Å²) < 4.78 is 14.8. The molecule has 0 radical (unpaired) electrons. The molecule has 0 amide bonds. The van der Waals surface area contributed by atoms with Crippen molar-refractivity contribution >= 4 is 0 Å². The van der Waals surface area contributed by atoms with Gasteiger partial charge in [-0.3, -0.25) is 0 Å². The van der Waals surface area contributed by atoms with Crippen LogP contribution in [0.3, 0.4) is 0 Å². The molecule has 1 heterocycles. The Morgan fingerprint density at radius 1 is 1.05 bits per heavy atom. The Kier molecular flexibility index (Phi) is 3.31. The molecule has 3 nitrogen and oxygen atoms in total. The van der Waals surface area contributed by atoms with Crippen molar-refractivity contribution in [1.29, 1.82) is 0 Å². The van der Waals surface area contributed by atoms with Crippen LogP contribution in [0.5, 0.6) is 0 Å². The number of aliphatic hydroxyl groups excluding tert-OH is 1. The molecular formula is C16H13FN2O. The van der Waals surface area contributed by atoms with Gasteiger partial charge in [0.15, 0.2) is 0 Å². The van der Waals surface area contributed by atoms with Crippen molar-refractivity contribution in [2.75, 3.05) is 0 Å². The Balaban J connectivity index is 2.02. The first-order valence-electron chi connectivity index (χ1n) is 6.27. The summed E-state index contributed by atoms with van der Waals surface area (Å²) in [5, 5.41) is 13.6. The Hall–Kier alpha value is -2.46. The molecule has 0 aliphatic heterocycles. The summed E-state index contributed by atoms with van der Waals surface area (Å²) in [7, 11) is 0. The van der Waals surface area contributed by atoms with Gasteiger partial charge in [0.05, 0.1) is 18.5 Å². The Bertz CT molecular complexity index is 722. The fourth-order valence-electron chi connectivity index (χ4n) is 2.14. The predicted octanol–water partition coefficient (Wildman–Crippen LogP) is 3.17. The molecule has 0 fully saturated rings. The molecule has 0 saturated carbocycles. The van der Waals surface area contributed by atoms with E-state index in [0.717, 1.165) is 11.1 Å². The van der Waals surface area contributed by atoms with E-state index in [1.807, 2.05) is 36.5 Å². The third kappa shape index (κ3) is 2.33. The summed E-state index contributed by atoms with van der Waals surface area (Å²) in [5.41, 5.74) is 3.22. The SMILES string of the molecule is OCc1cc(F)ccc1-n1cc(-c2ccccc2)cn1. The zero-order valence-corrected chi connectivity index (χ0v) is 10.7. The van der Waals surface area contributed by atoms with Gasteiger partial charge in [-0.25, -0.2) is 9.07 Å². The molecule has 0 bridgehead atoms. The van der Waals surface area contributed by atoms with E-state index >= 15 is 0 Å². The van der Waals surface area contributed by atoms with Gasteiger partial charge in [0, 0.05) is 17.3 Å². The molecule has 0 atom stereocenters. The minimum Gasteiger partial charge on any atom is -0.392 e. The van der Waals surface area contributed by atoms with E-state index in [9.17, 15) is 9.50 Å². The summed E-state index contributed by atoms with van der Waals surface area (Å²) in [5.74, 6) is -0.367. The van der Waals surface area contributed by atoms with Crippen LogP contribution in [0.25, 0.3) is 16.8 Å². The maximum Gasteiger partial charge on any atom is 0.123 e. The normalized spacial score (nSPS) is 10.7. The highest BCUT2D eigenvalue weighted by Crippen LogP contribution is 2.21. The molecule has 0 saturated heterocycles. The van der Waals surface area contributed by atoms with Gasteiger partial charge in [-0.05, 0) is 23.8 Å². The van der Waals surface area contributed by atoms with E-state index in [-0.39, 0.29) is 12.4 Å². The highest BCUT2D eigenvalue weighted by molar-refractivity contribution is 5.62. The maximum absolute atomic E-state index is 13.2. The zero-order valence-electron chi connectivity index (χ0n) is 10.7. The second-order valence-corrected chi connectivity index (χ2v) is 4.47. The van der Waals surface area contributed by atoms with E-state index in [0.29, 0.717) is 11.3 Å². The second-order valence-electron chi connectivity index (χ2n) is 4.47. The number of nitrogens with zero attached hydrogens (tertiary/aromatic N) is 2. The third-order valence-electron chi connectivity index (χ3n) is 3.15.